The lowest BCUT2D eigenvalue weighted by Crippen LogP contribution is -2.45. The van der Waals surface area contributed by atoms with Crippen molar-refractivity contribution in [2.24, 2.45) is 0 Å². The minimum absolute atomic E-state index is 0.145. The van der Waals surface area contributed by atoms with Crippen LogP contribution in [0.5, 0.6) is 0 Å². The van der Waals surface area contributed by atoms with E-state index in [1.165, 1.54) is 41.6 Å². The summed E-state index contributed by atoms with van der Waals surface area (Å²) in [6, 6.07) is 10.6. The quantitative estimate of drug-likeness (QED) is 0.700. The normalized spacial score (nSPS) is 21.6. The molecule has 0 radical (unpaired) electrons. The van der Waals surface area contributed by atoms with Crippen LogP contribution in [0, 0.1) is 0 Å². The van der Waals surface area contributed by atoms with Gasteiger partial charge in [0.15, 0.2) is 0 Å². The predicted molar refractivity (Wildman–Crippen MR) is 110 cm³/mol. The van der Waals surface area contributed by atoms with Gasteiger partial charge in [0.2, 0.25) is 5.95 Å². The number of para-hydroxylation sites is 1. The largest absolute Gasteiger partial charge is 0.370 e. The predicted octanol–water partition coefficient (Wildman–Crippen LogP) is 3.58. The topological polar surface area (TPSA) is 45.2 Å². The van der Waals surface area contributed by atoms with Crippen LogP contribution in [0.15, 0.2) is 42.7 Å². The average Bonchev–Trinajstić information content (AvgIpc) is 3.05. The fourth-order valence-electron chi connectivity index (χ4n) is 4.84. The van der Waals surface area contributed by atoms with Crippen LogP contribution < -0.4 is 9.80 Å². The molecule has 2 aliphatic rings. The molecule has 5 nitrogen and oxygen atoms in total. The summed E-state index contributed by atoms with van der Waals surface area (Å²) in [5, 5.41) is 1.24. The van der Waals surface area contributed by atoms with Crippen LogP contribution in [-0.2, 0) is 11.8 Å². The van der Waals surface area contributed by atoms with E-state index in [4.69, 9.17) is 4.98 Å². The summed E-state index contributed by atoms with van der Waals surface area (Å²) in [4.78, 5) is 18.6. The van der Waals surface area contributed by atoms with Gasteiger partial charge >= 0.3 is 0 Å². The number of piperidine rings is 1. The highest BCUT2D eigenvalue weighted by molar-refractivity contribution is 5.91. The van der Waals surface area contributed by atoms with Crippen LogP contribution in [-0.4, -0.2) is 42.1 Å². The van der Waals surface area contributed by atoms with Gasteiger partial charge in [0.25, 0.3) is 0 Å². The Morgan fingerprint density at radius 3 is 2.85 bits per heavy atom. The third-order valence-electron chi connectivity index (χ3n) is 6.17. The van der Waals surface area contributed by atoms with E-state index in [-0.39, 0.29) is 5.41 Å². The maximum Gasteiger partial charge on any atom is 0.225 e. The van der Waals surface area contributed by atoms with Gasteiger partial charge in [-0.3, -0.25) is 4.98 Å². The molecule has 1 saturated heterocycles. The number of hydrogen-bond acceptors (Lipinski definition) is 5. The second kappa shape index (κ2) is 6.19. The minimum Gasteiger partial charge on any atom is -0.370 e. The highest BCUT2D eigenvalue weighted by Crippen LogP contribution is 2.45. The van der Waals surface area contributed by atoms with Crippen LogP contribution in [0.4, 0.5) is 11.6 Å². The minimum atomic E-state index is 0.145. The van der Waals surface area contributed by atoms with Gasteiger partial charge in [0, 0.05) is 56.1 Å². The Labute approximate surface area is 160 Å². The molecule has 1 fully saturated rings. The highest BCUT2D eigenvalue weighted by Gasteiger charge is 2.44. The van der Waals surface area contributed by atoms with Gasteiger partial charge in [-0.1, -0.05) is 18.2 Å². The summed E-state index contributed by atoms with van der Waals surface area (Å²) in [5.74, 6) is 0.821. The lowest BCUT2D eigenvalue weighted by atomic mass is 9.77. The zero-order valence-electron chi connectivity index (χ0n) is 16.0. The molecule has 1 atom stereocenters. The Morgan fingerprint density at radius 2 is 1.96 bits per heavy atom. The van der Waals surface area contributed by atoms with Gasteiger partial charge in [0.1, 0.15) is 0 Å². The smallest absolute Gasteiger partial charge is 0.225 e. The molecule has 0 amide bonds. The third kappa shape index (κ3) is 2.64. The van der Waals surface area contributed by atoms with Gasteiger partial charge in [0.05, 0.1) is 11.2 Å². The zero-order chi connectivity index (χ0) is 18.4. The Kier molecular flexibility index (Phi) is 3.78. The Bertz CT molecular complexity index is 990. The van der Waals surface area contributed by atoms with Gasteiger partial charge < -0.3 is 9.80 Å². The Balaban J connectivity index is 1.55. The van der Waals surface area contributed by atoms with Gasteiger partial charge in [-0.2, -0.15) is 0 Å². The number of benzene rings is 1. The molecular weight excluding hydrogens is 334 g/mol. The molecule has 1 spiro atoms. The van der Waals surface area contributed by atoms with E-state index in [1.54, 1.807) is 0 Å². The molecule has 27 heavy (non-hydrogen) atoms. The number of rotatable bonds is 2. The van der Waals surface area contributed by atoms with E-state index in [1.807, 2.05) is 31.4 Å². The molecule has 3 heterocycles. The van der Waals surface area contributed by atoms with E-state index in [0.29, 0.717) is 0 Å². The summed E-state index contributed by atoms with van der Waals surface area (Å²) >= 11 is 0. The summed E-state index contributed by atoms with van der Waals surface area (Å²) < 4.78 is 0. The molecule has 0 saturated carbocycles. The van der Waals surface area contributed by atoms with Crippen molar-refractivity contribution < 1.29 is 0 Å². The van der Waals surface area contributed by atoms with Crippen molar-refractivity contribution in [3.8, 4) is 0 Å². The Hall–Kier alpha value is -2.69. The first-order valence-electron chi connectivity index (χ1n) is 9.79. The molecule has 1 aromatic carbocycles. The number of fused-ring (bicyclic) bond motifs is 3. The molecular formula is C22H25N5. The fourth-order valence-corrected chi connectivity index (χ4v) is 4.84. The van der Waals surface area contributed by atoms with Gasteiger partial charge in [-0.15, -0.1) is 0 Å². The first kappa shape index (κ1) is 16.5. The third-order valence-corrected chi connectivity index (χ3v) is 6.17. The van der Waals surface area contributed by atoms with Crippen LogP contribution in [0.25, 0.3) is 10.9 Å². The average molecular weight is 359 g/mol. The van der Waals surface area contributed by atoms with Crippen molar-refractivity contribution in [2.45, 2.75) is 31.1 Å². The zero-order valence-corrected chi connectivity index (χ0v) is 16.0. The molecule has 5 heteroatoms. The number of pyridine rings is 1. The van der Waals surface area contributed by atoms with E-state index in [0.717, 1.165) is 31.0 Å². The van der Waals surface area contributed by atoms with Crippen LogP contribution in [0.1, 0.15) is 30.5 Å². The lowest BCUT2D eigenvalue weighted by molar-refractivity contribution is 0.335. The molecule has 0 N–H and O–H groups in total. The van der Waals surface area contributed by atoms with E-state index < -0.39 is 0 Å². The maximum absolute atomic E-state index is 5.00. The molecule has 1 aliphatic heterocycles. The summed E-state index contributed by atoms with van der Waals surface area (Å²) in [6.45, 7) is 2.12. The number of anilines is 2. The second-order valence-corrected chi connectivity index (χ2v) is 8.09. The monoisotopic (exact) mass is 359 g/mol. The van der Waals surface area contributed by atoms with Crippen molar-refractivity contribution in [2.75, 3.05) is 37.0 Å². The van der Waals surface area contributed by atoms with Crippen molar-refractivity contribution in [1.29, 1.82) is 0 Å². The van der Waals surface area contributed by atoms with Gasteiger partial charge in [-0.25, -0.2) is 9.97 Å². The fraction of sp³-hybridized carbons (Fsp3) is 0.409. The van der Waals surface area contributed by atoms with Crippen LogP contribution in [0.3, 0.4) is 0 Å². The van der Waals surface area contributed by atoms with E-state index in [2.05, 4.69) is 45.2 Å². The van der Waals surface area contributed by atoms with Crippen LogP contribution in [0.2, 0.25) is 0 Å². The molecule has 1 unspecified atom stereocenters. The summed E-state index contributed by atoms with van der Waals surface area (Å²) in [6.07, 6.45) is 8.66. The lowest BCUT2D eigenvalue weighted by Gasteiger charge is -2.42. The Morgan fingerprint density at radius 1 is 1.07 bits per heavy atom. The number of aromatic nitrogens is 3. The number of aryl methyl sites for hydroxylation is 1. The van der Waals surface area contributed by atoms with Crippen molar-refractivity contribution in [1.82, 2.24) is 15.0 Å². The van der Waals surface area contributed by atoms with E-state index >= 15 is 0 Å². The summed E-state index contributed by atoms with van der Waals surface area (Å²) in [7, 11) is 4.03. The molecule has 0 bridgehead atoms. The number of hydrogen-bond donors (Lipinski definition) is 0. The molecule has 138 valence electrons. The molecule has 3 aromatic rings. The number of nitrogens with zero attached hydrogens (tertiary/aromatic N) is 5. The van der Waals surface area contributed by atoms with Gasteiger partial charge in [-0.05, 0) is 43.4 Å². The molecule has 5 rings (SSSR count). The highest BCUT2D eigenvalue weighted by atomic mass is 15.2. The van der Waals surface area contributed by atoms with Crippen LogP contribution >= 0.6 is 0 Å². The van der Waals surface area contributed by atoms with Crippen molar-refractivity contribution in [3.05, 3.63) is 54.0 Å². The van der Waals surface area contributed by atoms with Crippen molar-refractivity contribution >= 4 is 22.5 Å². The molecule has 1 aliphatic carbocycles. The standard InChI is InChI=1S/C22H25N5/c1-26(2)21-24-14-16-8-11-22(20(16)25-21)10-5-13-27(15-22)19-9-12-23-18-7-4-3-6-17(18)19/h3-4,6-7,9,12,14H,5,8,10-11,13,15H2,1-2H3. The SMILES string of the molecule is CN(C)c1ncc2c(n1)C1(CCCN(c3ccnc4ccccc34)C1)CC2. The molecule has 2 aromatic heterocycles. The van der Waals surface area contributed by atoms with E-state index in [9.17, 15) is 0 Å². The first-order chi connectivity index (χ1) is 13.2. The first-order valence-corrected chi connectivity index (χ1v) is 9.79. The second-order valence-electron chi connectivity index (χ2n) is 8.09. The van der Waals surface area contributed by atoms with Crippen molar-refractivity contribution in [3.63, 3.8) is 0 Å². The summed E-state index contributed by atoms with van der Waals surface area (Å²) in [5.41, 5.74) is 5.13. The maximum atomic E-state index is 5.00.